The van der Waals surface area contributed by atoms with Crippen LogP contribution >= 0.6 is 10.7 Å². The van der Waals surface area contributed by atoms with Crippen LogP contribution in [0.15, 0.2) is 17.2 Å². The maximum absolute atomic E-state index is 11.3. The maximum atomic E-state index is 11.3. The van der Waals surface area contributed by atoms with Gasteiger partial charge in [0.2, 0.25) is 5.88 Å². The fourth-order valence-corrected chi connectivity index (χ4v) is 2.12. The van der Waals surface area contributed by atoms with Gasteiger partial charge in [-0.15, -0.1) is 0 Å². The third-order valence-corrected chi connectivity index (χ3v) is 3.16. The summed E-state index contributed by atoms with van der Waals surface area (Å²) < 4.78 is 32.4. The van der Waals surface area contributed by atoms with Gasteiger partial charge in [0.25, 0.3) is 9.05 Å². The molecule has 1 rings (SSSR count). The molecule has 0 aliphatic carbocycles. The standard InChI is InChI=1S/C10H12ClNO5S/c1-7-5-9(18(11,14)15)10(12-6-7)17-4-3-16-8(2)13/h5-6H,3-4H2,1-2H3. The summed E-state index contributed by atoms with van der Waals surface area (Å²) >= 11 is 0. The molecule has 0 aliphatic rings. The molecule has 0 unspecified atom stereocenters. The van der Waals surface area contributed by atoms with Crippen LogP contribution in [0, 0.1) is 6.92 Å². The van der Waals surface area contributed by atoms with Gasteiger partial charge in [0.05, 0.1) is 0 Å². The molecule has 1 heterocycles. The van der Waals surface area contributed by atoms with E-state index in [9.17, 15) is 13.2 Å². The predicted octanol–water partition coefficient (Wildman–Crippen LogP) is 1.26. The highest BCUT2D eigenvalue weighted by atomic mass is 35.7. The third-order valence-electron chi connectivity index (χ3n) is 1.85. The number of halogens is 1. The molecule has 0 bridgehead atoms. The number of hydrogen-bond donors (Lipinski definition) is 0. The van der Waals surface area contributed by atoms with Crippen molar-refractivity contribution in [3.63, 3.8) is 0 Å². The van der Waals surface area contributed by atoms with E-state index >= 15 is 0 Å². The van der Waals surface area contributed by atoms with E-state index in [-0.39, 0.29) is 24.0 Å². The molecule has 0 aliphatic heterocycles. The highest BCUT2D eigenvalue weighted by Gasteiger charge is 2.18. The van der Waals surface area contributed by atoms with Crippen LogP contribution < -0.4 is 4.74 Å². The lowest BCUT2D eigenvalue weighted by molar-refractivity contribution is -0.141. The van der Waals surface area contributed by atoms with Crippen molar-refractivity contribution in [2.45, 2.75) is 18.7 Å². The van der Waals surface area contributed by atoms with Gasteiger partial charge in [0.15, 0.2) is 0 Å². The molecule has 0 radical (unpaired) electrons. The number of esters is 1. The van der Waals surface area contributed by atoms with Gasteiger partial charge < -0.3 is 9.47 Å². The lowest BCUT2D eigenvalue weighted by atomic mass is 10.3. The van der Waals surface area contributed by atoms with Crippen molar-refractivity contribution >= 4 is 25.7 Å². The number of rotatable bonds is 5. The van der Waals surface area contributed by atoms with Crippen molar-refractivity contribution in [3.8, 4) is 5.88 Å². The summed E-state index contributed by atoms with van der Waals surface area (Å²) in [6.07, 6.45) is 1.45. The summed E-state index contributed by atoms with van der Waals surface area (Å²) in [6, 6.07) is 1.36. The highest BCUT2D eigenvalue weighted by molar-refractivity contribution is 8.13. The van der Waals surface area contributed by atoms with Crippen LogP contribution in [0.1, 0.15) is 12.5 Å². The molecule has 6 nitrogen and oxygen atoms in total. The number of hydrogen-bond acceptors (Lipinski definition) is 6. The summed E-state index contributed by atoms with van der Waals surface area (Å²) in [7, 11) is 1.33. The monoisotopic (exact) mass is 293 g/mol. The van der Waals surface area contributed by atoms with Crippen molar-refractivity contribution in [2.24, 2.45) is 0 Å². The van der Waals surface area contributed by atoms with E-state index in [1.807, 2.05) is 0 Å². The van der Waals surface area contributed by atoms with Crippen molar-refractivity contribution in [1.82, 2.24) is 4.98 Å². The number of aromatic nitrogens is 1. The molecule has 1 aromatic heterocycles. The molecular formula is C10H12ClNO5S. The number of aryl methyl sites for hydroxylation is 1. The number of ether oxygens (including phenoxy) is 2. The van der Waals surface area contributed by atoms with Gasteiger partial charge in [0.1, 0.15) is 18.1 Å². The third kappa shape index (κ3) is 4.50. The largest absolute Gasteiger partial charge is 0.473 e. The van der Waals surface area contributed by atoms with E-state index in [0.29, 0.717) is 5.56 Å². The van der Waals surface area contributed by atoms with E-state index < -0.39 is 15.0 Å². The average Bonchev–Trinajstić information content (AvgIpc) is 2.24. The van der Waals surface area contributed by atoms with E-state index in [4.69, 9.17) is 15.4 Å². The Morgan fingerprint density at radius 2 is 2.11 bits per heavy atom. The van der Waals surface area contributed by atoms with Crippen LogP contribution in [0.25, 0.3) is 0 Å². The molecule has 0 fully saturated rings. The molecule has 0 spiro atoms. The lowest BCUT2D eigenvalue weighted by Gasteiger charge is -2.08. The van der Waals surface area contributed by atoms with Gasteiger partial charge in [0, 0.05) is 23.8 Å². The molecule has 1 aromatic rings. The smallest absolute Gasteiger partial charge is 0.302 e. The van der Waals surface area contributed by atoms with Gasteiger partial charge in [-0.2, -0.15) is 0 Å². The zero-order valence-electron chi connectivity index (χ0n) is 9.84. The number of nitrogens with zero attached hydrogens (tertiary/aromatic N) is 1. The van der Waals surface area contributed by atoms with Gasteiger partial charge in [-0.1, -0.05) is 0 Å². The summed E-state index contributed by atoms with van der Waals surface area (Å²) in [5.41, 5.74) is 0.640. The lowest BCUT2D eigenvalue weighted by Crippen LogP contribution is -2.11. The first-order chi connectivity index (χ1) is 8.30. The van der Waals surface area contributed by atoms with Gasteiger partial charge in [-0.05, 0) is 18.6 Å². The average molecular weight is 294 g/mol. The Bertz CT molecular complexity index is 543. The topological polar surface area (TPSA) is 82.6 Å². The molecule has 100 valence electrons. The Morgan fingerprint density at radius 3 is 2.67 bits per heavy atom. The van der Waals surface area contributed by atoms with Crippen LogP contribution in [0.5, 0.6) is 5.88 Å². The van der Waals surface area contributed by atoms with E-state index in [0.717, 1.165) is 0 Å². The van der Waals surface area contributed by atoms with Crippen LogP contribution in [-0.2, 0) is 18.6 Å². The van der Waals surface area contributed by atoms with Crippen LogP contribution in [0.3, 0.4) is 0 Å². The highest BCUT2D eigenvalue weighted by Crippen LogP contribution is 2.25. The Balaban J connectivity index is 2.80. The Kier molecular flexibility index (Phi) is 4.92. The van der Waals surface area contributed by atoms with Crippen LogP contribution in [0.4, 0.5) is 0 Å². The Hall–Kier alpha value is -1.34. The minimum absolute atomic E-state index is 0.00491. The van der Waals surface area contributed by atoms with Crippen molar-refractivity contribution in [3.05, 3.63) is 17.8 Å². The van der Waals surface area contributed by atoms with Gasteiger partial charge >= 0.3 is 5.97 Å². The molecule has 0 N–H and O–H groups in total. The quantitative estimate of drug-likeness (QED) is 0.462. The molecule has 0 atom stereocenters. The molecule has 0 saturated carbocycles. The first-order valence-corrected chi connectivity index (χ1v) is 7.29. The summed E-state index contributed by atoms with van der Waals surface area (Å²) in [5, 5.41) is 0. The minimum Gasteiger partial charge on any atom is -0.473 e. The molecule has 0 aromatic carbocycles. The Labute approximate surface area is 109 Å². The fourth-order valence-electron chi connectivity index (χ4n) is 1.14. The summed E-state index contributed by atoms with van der Waals surface area (Å²) in [5.74, 6) is -0.552. The zero-order chi connectivity index (χ0) is 13.8. The fraction of sp³-hybridized carbons (Fsp3) is 0.400. The SMILES string of the molecule is CC(=O)OCCOc1ncc(C)cc1S(=O)(=O)Cl. The number of pyridine rings is 1. The maximum Gasteiger partial charge on any atom is 0.302 e. The van der Waals surface area contributed by atoms with E-state index in [1.165, 1.54) is 19.2 Å². The summed E-state index contributed by atoms with van der Waals surface area (Å²) in [4.78, 5) is 14.1. The second kappa shape index (κ2) is 6.01. The minimum atomic E-state index is -3.93. The Morgan fingerprint density at radius 1 is 1.44 bits per heavy atom. The number of carbonyl (C=O) groups excluding carboxylic acids is 1. The van der Waals surface area contributed by atoms with Crippen molar-refractivity contribution in [2.75, 3.05) is 13.2 Å². The molecule has 0 amide bonds. The second-order valence-electron chi connectivity index (χ2n) is 3.44. The molecular weight excluding hydrogens is 282 g/mol. The van der Waals surface area contributed by atoms with Crippen LogP contribution in [0.2, 0.25) is 0 Å². The normalized spacial score (nSPS) is 11.1. The van der Waals surface area contributed by atoms with Gasteiger partial charge in [-0.3, -0.25) is 4.79 Å². The first kappa shape index (κ1) is 14.7. The summed E-state index contributed by atoms with van der Waals surface area (Å²) in [6.45, 7) is 2.95. The van der Waals surface area contributed by atoms with E-state index in [2.05, 4.69) is 9.72 Å². The molecule has 18 heavy (non-hydrogen) atoms. The zero-order valence-corrected chi connectivity index (χ0v) is 11.4. The van der Waals surface area contributed by atoms with Crippen molar-refractivity contribution in [1.29, 1.82) is 0 Å². The van der Waals surface area contributed by atoms with E-state index in [1.54, 1.807) is 6.92 Å². The number of carbonyl (C=O) groups is 1. The van der Waals surface area contributed by atoms with Gasteiger partial charge in [-0.25, -0.2) is 13.4 Å². The van der Waals surface area contributed by atoms with Crippen LogP contribution in [-0.4, -0.2) is 32.6 Å². The predicted molar refractivity (Wildman–Crippen MR) is 64.1 cm³/mol. The second-order valence-corrected chi connectivity index (χ2v) is 5.98. The molecule has 8 heteroatoms. The van der Waals surface area contributed by atoms with Crippen molar-refractivity contribution < 1.29 is 22.7 Å². The molecule has 0 saturated heterocycles. The first-order valence-electron chi connectivity index (χ1n) is 4.98.